The van der Waals surface area contributed by atoms with Crippen LogP contribution in [0.15, 0.2) is 34.1 Å². The molecule has 2 aromatic rings. The Bertz CT molecular complexity index is 872. The third-order valence-electron chi connectivity index (χ3n) is 3.72. The van der Waals surface area contributed by atoms with Crippen LogP contribution in [-0.2, 0) is 0 Å². The molecule has 24 heavy (non-hydrogen) atoms. The summed E-state index contributed by atoms with van der Waals surface area (Å²) in [6, 6.07) is 8.72. The molecule has 124 valence electrons. The topological polar surface area (TPSA) is 87.6 Å². The van der Waals surface area contributed by atoms with E-state index >= 15 is 0 Å². The van der Waals surface area contributed by atoms with Crippen molar-refractivity contribution < 1.29 is 9.84 Å². The van der Waals surface area contributed by atoms with Gasteiger partial charge in [-0.05, 0) is 50.6 Å². The summed E-state index contributed by atoms with van der Waals surface area (Å²) in [7, 11) is 1.58. The molecule has 1 aromatic heterocycles. The van der Waals surface area contributed by atoms with Gasteiger partial charge in [0.15, 0.2) is 0 Å². The molecule has 0 amide bonds. The summed E-state index contributed by atoms with van der Waals surface area (Å²) in [6.07, 6.45) is 1.46. The van der Waals surface area contributed by atoms with Crippen molar-refractivity contribution in [1.29, 1.82) is 5.26 Å². The zero-order valence-corrected chi connectivity index (χ0v) is 14.1. The first kappa shape index (κ1) is 17.3. The molecule has 1 N–H and O–H groups in total. The molecule has 0 unspecified atom stereocenters. The first-order chi connectivity index (χ1) is 11.4. The van der Waals surface area contributed by atoms with Gasteiger partial charge in [0, 0.05) is 12.3 Å². The number of aromatic hydroxyl groups is 1. The third-order valence-corrected chi connectivity index (χ3v) is 3.72. The van der Waals surface area contributed by atoms with Gasteiger partial charge in [-0.25, -0.2) is 0 Å². The van der Waals surface area contributed by atoms with Gasteiger partial charge in [0.25, 0.3) is 5.56 Å². The van der Waals surface area contributed by atoms with Crippen molar-refractivity contribution in [3.05, 3.63) is 51.3 Å². The monoisotopic (exact) mass is 325 g/mol. The van der Waals surface area contributed by atoms with Crippen molar-refractivity contribution in [1.82, 2.24) is 4.57 Å². The number of aromatic nitrogens is 1. The number of nitriles is 1. The molecule has 1 heterocycles. The quantitative estimate of drug-likeness (QED) is 0.875. The molecule has 0 bridgehead atoms. The zero-order valence-electron chi connectivity index (χ0n) is 14.1. The molecule has 0 atom stereocenters. The molecular weight excluding hydrogens is 306 g/mol. The Labute approximate surface area is 140 Å². The van der Waals surface area contributed by atoms with Gasteiger partial charge in [0.2, 0.25) is 5.88 Å². The number of benzene rings is 1. The van der Waals surface area contributed by atoms with Crippen LogP contribution in [0.1, 0.15) is 36.6 Å². The molecule has 0 spiro atoms. The van der Waals surface area contributed by atoms with Crippen LogP contribution in [0.3, 0.4) is 0 Å². The second-order valence-electron chi connectivity index (χ2n) is 5.57. The number of methoxy groups -OCH3 is 1. The predicted molar refractivity (Wildman–Crippen MR) is 92.5 cm³/mol. The fourth-order valence-corrected chi connectivity index (χ4v) is 2.38. The third kappa shape index (κ3) is 3.15. The molecule has 0 saturated heterocycles. The average molecular weight is 325 g/mol. The Morgan fingerprint density at radius 3 is 2.46 bits per heavy atom. The van der Waals surface area contributed by atoms with E-state index in [1.54, 1.807) is 52.1 Å². The lowest BCUT2D eigenvalue weighted by atomic mass is 10.1. The Balaban J connectivity index is 2.57. The van der Waals surface area contributed by atoms with Gasteiger partial charge in [0.1, 0.15) is 17.4 Å². The Hall–Kier alpha value is -3.07. The molecule has 0 aliphatic rings. The smallest absolute Gasteiger partial charge is 0.271 e. The van der Waals surface area contributed by atoms with E-state index in [0.717, 1.165) is 0 Å². The maximum atomic E-state index is 12.3. The fraction of sp³-hybridized carbons (Fsp3) is 0.278. The second-order valence-corrected chi connectivity index (χ2v) is 5.57. The molecule has 0 saturated carbocycles. The van der Waals surface area contributed by atoms with Crippen molar-refractivity contribution in [3.63, 3.8) is 0 Å². The van der Waals surface area contributed by atoms with E-state index in [-0.39, 0.29) is 17.5 Å². The van der Waals surface area contributed by atoms with Crippen LogP contribution in [0.2, 0.25) is 0 Å². The van der Waals surface area contributed by atoms with E-state index in [2.05, 4.69) is 4.99 Å². The predicted octanol–water partition coefficient (Wildman–Crippen LogP) is 3.07. The summed E-state index contributed by atoms with van der Waals surface area (Å²) in [5.74, 6) is 0.525. The van der Waals surface area contributed by atoms with Crippen LogP contribution in [0, 0.1) is 18.3 Å². The van der Waals surface area contributed by atoms with E-state index in [4.69, 9.17) is 4.74 Å². The van der Waals surface area contributed by atoms with Crippen molar-refractivity contribution in [3.8, 4) is 17.7 Å². The number of hydrogen-bond donors (Lipinski definition) is 1. The summed E-state index contributed by atoms with van der Waals surface area (Å²) in [6.45, 7) is 5.16. The largest absolute Gasteiger partial charge is 0.497 e. The Morgan fingerprint density at radius 1 is 1.33 bits per heavy atom. The minimum Gasteiger partial charge on any atom is -0.497 e. The standard InChI is InChI=1S/C18H19N3O3/c1-11(2)21-17(22)15(9-19)12(3)16(18(21)23)10-20-13-5-7-14(24-4)8-6-13/h5-8,10-11,23H,1-4H3. The van der Waals surface area contributed by atoms with Gasteiger partial charge in [-0.3, -0.25) is 14.4 Å². The number of aliphatic imine (C=N–C) groups is 1. The van der Waals surface area contributed by atoms with E-state index < -0.39 is 5.56 Å². The summed E-state index contributed by atoms with van der Waals surface area (Å²) in [4.78, 5) is 16.6. The summed E-state index contributed by atoms with van der Waals surface area (Å²) in [5, 5.41) is 19.7. The van der Waals surface area contributed by atoms with Gasteiger partial charge in [0.05, 0.1) is 18.4 Å². The summed E-state index contributed by atoms with van der Waals surface area (Å²) < 4.78 is 6.29. The van der Waals surface area contributed by atoms with Crippen LogP contribution < -0.4 is 10.3 Å². The molecule has 0 aliphatic heterocycles. The highest BCUT2D eigenvalue weighted by Crippen LogP contribution is 2.24. The number of hydrogen-bond acceptors (Lipinski definition) is 5. The van der Waals surface area contributed by atoms with Crippen LogP contribution in [0.5, 0.6) is 11.6 Å². The van der Waals surface area contributed by atoms with Crippen LogP contribution in [-0.4, -0.2) is 23.0 Å². The SMILES string of the molecule is COc1ccc(N=Cc2c(C)c(C#N)c(=O)n(C(C)C)c2O)cc1. The molecule has 0 radical (unpaired) electrons. The highest BCUT2D eigenvalue weighted by Gasteiger charge is 2.19. The summed E-state index contributed by atoms with van der Waals surface area (Å²) >= 11 is 0. The molecule has 0 aliphatic carbocycles. The second kappa shape index (κ2) is 7.01. The first-order valence-corrected chi connectivity index (χ1v) is 7.47. The lowest BCUT2D eigenvalue weighted by molar-refractivity contribution is 0.386. The number of pyridine rings is 1. The minimum absolute atomic E-state index is 0.0117. The van der Waals surface area contributed by atoms with E-state index in [9.17, 15) is 15.2 Å². The first-order valence-electron chi connectivity index (χ1n) is 7.47. The van der Waals surface area contributed by atoms with E-state index in [0.29, 0.717) is 22.6 Å². The fourth-order valence-electron chi connectivity index (χ4n) is 2.38. The maximum Gasteiger partial charge on any atom is 0.271 e. The normalized spacial score (nSPS) is 11.0. The van der Waals surface area contributed by atoms with Crippen LogP contribution in [0.4, 0.5) is 5.69 Å². The molecule has 2 rings (SSSR count). The van der Waals surface area contributed by atoms with Gasteiger partial charge < -0.3 is 9.84 Å². The van der Waals surface area contributed by atoms with E-state index in [1.807, 2.05) is 6.07 Å². The highest BCUT2D eigenvalue weighted by atomic mass is 16.5. The van der Waals surface area contributed by atoms with Crippen molar-refractivity contribution in [2.24, 2.45) is 4.99 Å². The van der Waals surface area contributed by atoms with Crippen molar-refractivity contribution in [2.45, 2.75) is 26.8 Å². The average Bonchev–Trinajstić information content (AvgIpc) is 2.55. The lowest BCUT2D eigenvalue weighted by Crippen LogP contribution is -2.26. The highest BCUT2D eigenvalue weighted by molar-refractivity contribution is 5.87. The Morgan fingerprint density at radius 2 is 1.96 bits per heavy atom. The van der Waals surface area contributed by atoms with Gasteiger partial charge >= 0.3 is 0 Å². The molecule has 0 fully saturated rings. The molecular formula is C18H19N3O3. The zero-order chi connectivity index (χ0) is 17.9. The molecule has 6 nitrogen and oxygen atoms in total. The molecule has 1 aromatic carbocycles. The van der Waals surface area contributed by atoms with Crippen molar-refractivity contribution >= 4 is 11.9 Å². The van der Waals surface area contributed by atoms with Gasteiger partial charge in [-0.1, -0.05) is 0 Å². The lowest BCUT2D eigenvalue weighted by Gasteiger charge is -2.16. The van der Waals surface area contributed by atoms with Gasteiger partial charge in [-0.2, -0.15) is 5.26 Å². The van der Waals surface area contributed by atoms with Crippen LogP contribution in [0.25, 0.3) is 0 Å². The minimum atomic E-state index is -0.496. The Kier molecular flexibility index (Phi) is 5.05. The number of nitrogens with zero attached hydrogens (tertiary/aromatic N) is 3. The molecule has 6 heteroatoms. The van der Waals surface area contributed by atoms with Crippen LogP contribution >= 0.6 is 0 Å². The van der Waals surface area contributed by atoms with Crippen molar-refractivity contribution in [2.75, 3.05) is 7.11 Å². The number of ether oxygens (including phenoxy) is 1. The number of rotatable bonds is 4. The van der Waals surface area contributed by atoms with E-state index in [1.165, 1.54) is 10.8 Å². The summed E-state index contributed by atoms with van der Waals surface area (Å²) in [5.41, 5.74) is 0.946. The maximum absolute atomic E-state index is 12.3. The van der Waals surface area contributed by atoms with Gasteiger partial charge in [-0.15, -0.1) is 0 Å².